The molecule has 4 heteroatoms. The van der Waals surface area contributed by atoms with Gasteiger partial charge in [0.05, 0.1) is 19.3 Å². The maximum atomic E-state index is 12.3. The van der Waals surface area contributed by atoms with Gasteiger partial charge in [0.25, 0.3) is 0 Å². The SMILES string of the molecule is COc1ccccc1NCC(=O)NCC12CC3CC(CC(C3)C1)C2. The second kappa shape index (κ2) is 6.30. The molecule has 0 saturated heterocycles. The first-order valence-electron chi connectivity index (χ1n) is 9.29. The number of carbonyl (C=O) groups excluding carboxylic acids is 1. The fourth-order valence-corrected chi connectivity index (χ4v) is 5.82. The highest BCUT2D eigenvalue weighted by molar-refractivity contribution is 5.81. The summed E-state index contributed by atoms with van der Waals surface area (Å²) >= 11 is 0. The zero-order valence-corrected chi connectivity index (χ0v) is 14.5. The summed E-state index contributed by atoms with van der Waals surface area (Å²) in [6, 6.07) is 7.70. The molecule has 0 radical (unpaired) electrons. The highest BCUT2D eigenvalue weighted by Gasteiger charge is 2.50. The summed E-state index contributed by atoms with van der Waals surface area (Å²) in [6.45, 7) is 1.16. The Labute approximate surface area is 144 Å². The second-order valence-electron chi connectivity index (χ2n) is 8.25. The first kappa shape index (κ1) is 15.8. The van der Waals surface area contributed by atoms with E-state index in [9.17, 15) is 4.79 Å². The van der Waals surface area contributed by atoms with E-state index in [1.807, 2.05) is 24.3 Å². The number of methoxy groups -OCH3 is 1. The largest absolute Gasteiger partial charge is 0.495 e. The smallest absolute Gasteiger partial charge is 0.239 e. The van der Waals surface area contributed by atoms with Crippen LogP contribution in [0.4, 0.5) is 5.69 Å². The van der Waals surface area contributed by atoms with Gasteiger partial charge in [-0.2, -0.15) is 0 Å². The average Bonchev–Trinajstić information content (AvgIpc) is 2.57. The molecule has 4 nitrogen and oxygen atoms in total. The van der Waals surface area contributed by atoms with E-state index in [2.05, 4.69) is 10.6 Å². The van der Waals surface area contributed by atoms with Crippen LogP contribution in [-0.4, -0.2) is 26.1 Å². The number of benzene rings is 1. The van der Waals surface area contributed by atoms with Gasteiger partial charge in [0.15, 0.2) is 0 Å². The first-order chi connectivity index (χ1) is 11.7. The number of hydrogen-bond donors (Lipinski definition) is 2. The minimum absolute atomic E-state index is 0.0802. The van der Waals surface area contributed by atoms with Crippen molar-refractivity contribution < 1.29 is 9.53 Å². The number of hydrogen-bond acceptors (Lipinski definition) is 3. The van der Waals surface area contributed by atoms with Crippen molar-refractivity contribution in [1.29, 1.82) is 0 Å². The van der Waals surface area contributed by atoms with Gasteiger partial charge in [-0.05, 0) is 73.8 Å². The molecule has 1 aromatic rings. The van der Waals surface area contributed by atoms with Gasteiger partial charge in [-0.1, -0.05) is 12.1 Å². The molecule has 4 aliphatic carbocycles. The monoisotopic (exact) mass is 328 g/mol. The van der Waals surface area contributed by atoms with Crippen LogP contribution in [0.25, 0.3) is 0 Å². The molecule has 2 N–H and O–H groups in total. The Bertz CT molecular complexity index is 578. The fraction of sp³-hybridized carbons (Fsp3) is 0.650. The lowest BCUT2D eigenvalue weighted by Crippen LogP contribution is -2.51. The predicted molar refractivity (Wildman–Crippen MR) is 95.1 cm³/mol. The number of anilines is 1. The van der Waals surface area contributed by atoms with Gasteiger partial charge in [-0.25, -0.2) is 0 Å². The molecule has 5 rings (SSSR count). The lowest BCUT2D eigenvalue weighted by atomic mass is 9.49. The van der Waals surface area contributed by atoms with Crippen LogP contribution in [0.5, 0.6) is 5.75 Å². The molecule has 130 valence electrons. The summed E-state index contributed by atoms with van der Waals surface area (Å²) in [5.41, 5.74) is 1.26. The van der Waals surface area contributed by atoms with Gasteiger partial charge in [0.1, 0.15) is 5.75 Å². The van der Waals surface area contributed by atoms with Crippen LogP contribution in [0.3, 0.4) is 0 Å². The van der Waals surface area contributed by atoms with Crippen molar-refractivity contribution in [3.63, 3.8) is 0 Å². The Morgan fingerprint density at radius 2 is 1.75 bits per heavy atom. The number of carbonyl (C=O) groups is 1. The van der Waals surface area contributed by atoms with Crippen molar-refractivity contribution in [3.8, 4) is 5.75 Å². The van der Waals surface area contributed by atoms with Crippen LogP contribution in [-0.2, 0) is 4.79 Å². The van der Waals surface area contributed by atoms with Crippen LogP contribution in [0.2, 0.25) is 0 Å². The highest BCUT2D eigenvalue weighted by atomic mass is 16.5. The minimum Gasteiger partial charge on any atom is -0.495 e. The lowest BCUT2D eigenvalue weighted by molar-refractivity contribution is -0.121. The summed E-state index contributed by atoms with van der Waals surface area (Å²) < 4.78 is 5.31. The summed E-state index contributed by atoms with van der Waals surface area (Å²) in [6.07, 6.45) is 8.34. The summed E-state index contributed by atoms with van der Waals surface area (Å²) in [5.74, 6) is 3.64. The third-order valence-corrected chi connectivity index (χ3v) is 6.37. The molecule has 0 spiro atoms. The quantitative estimate of drug-likeness (QED) is 0.841. The number of nitrogens with one attached hydrogen (secondary N) is 2. The fourth-order valence-electron chi connectivity index (χ4n) is 5.82. The third-order valence-electron chi connectivity index (χ3n) is 6.37. The minimum atomic E-state index is 0.0802. The van der Waals surface area contributed by atoms with Crippen LogP contribution in [0.15, 0.2) is 24.3 Å². The van der Waals surface area contributed by atoms with E-state index in [0.29, 0.717) is 12.0 Å². The molecule has 4 bridgehead atoms. The molecule has 4 saturated carbocycles. The van der Waals surface area contributed by atoms with Crippen molar-refractivity contribution >= 4 is 11.6 Å². The van der Waals surface area contributed by atoms with Crippen LogP contribution >= 0.6 is 0 Å². The summed E-state index contributed by atoms with van der Waals surface area (Å²) in [4.78, 5) is 12.3. The van der Waals surface area contributed by atoms with Crippen molar-refractivity contribution in [3.05, 3.63) is 24.3 Å². The molecule has 0 atom stereocenters. The topological polar surface area (TPSA) is 50.4 Å². The van der Waals surface area contributed by atoms with Crippen molar-refractivity contribution in [2.24, 2.45) is 23.2 Å². The van der Waals surface area contributed by atoms with Gasteiger partial charge in [0.2, 0.25) is 5.91 Å². The van der Waals surface area contributed by atoms with Crippen molar-refractivity contribution in [2.45, 2.75) is 38.5 Å². The first-order valence-corrected chi connectivity index (χ1v) is 9.29. The Morgan fingerprint density at radius 1 is 1.12 bits per heavy atom. The summed E-state index contributed by atoms with van der Waals surface area (Å²) in [7, 11) is 1.65. The molecule has 4 aliphatic rings. The maximum absolute atomic E-state index is 12.3. The number of rotatable bonds is 6. The standard InChI is InChI=1S/C20H28N2O2/c1-24-18-5-3-2-4-17(18)21-12-19(23)22-13-20-9-14-6-15(10-20)8-16(7-14)11-20/h2-5,14-16,21H,6-13H2,1H3,(H,22,23). The molecule has 0 aliphatic heterocycles. The van der Waals surface area contributed by atoms with Crippen LogP contribution in [0, 0.1) is 23.2 Å². The average molecular weight is 328 g/mol. The van der Waals surface area contributed by atoms with Gasteiger partial charge >= 0.3 is 0 Å². The van der Waals surface area contributed by atoms with E-state index < -0.39 is 0 Å². The number of ether oxygens (including phenoxy) is 1. The zero-order valence-electron chi connectivity index (χ0n) is 14.5. The molecular formula is C20H28N2O2. The van der Waals surface area contributed by atoms with Gasteiger partial charge in [-0.15, -0.1) is 0 Å². The van der Waals surface area contributed by atoms with E-state index in [-0.39, 0.29) is 5.91 Å². The van der Waals surface area contributed by atoms with Crippen LogP contribution in [0.1, 0.15) is 38.5 Å². The van der Waals surface area contributed by atoms with Gasteiger partial charge < -0.3 is 15.4 Å². The van der Waals surface area contributed by atoms with E-state index in [4.69, 9.17) is 4.74 Å². The number of amides is 1. The van der Waals surface area contributed by atoms with Crippen molar-refractivity contribution in [2.75, 3.05) is 25.5 Å². The zero-order chi connectivity index (χ0) is 16.6. The Kier molecular flexibility index (Phi) is 4.15. The molecule has 0 unspecified atom stereocenters. The van der Waals surface area contributed by atoms with Crippen LogP contribution < -0.4 is 15.4 Å². The number of para-hydroxylation sites is 2. The highest BCUT2D eigenvalue weighted by Crippen LogP contribution is 2.59. The third kappa shape index (κ3) is 3.11. The predicted octanol–water partition coefficient (Wildman–Crippen LogP) is 3.44. The van der Waals surface area contributed by atoms with E-state index in [1.165, 1.54) is 38.5 Å². The lowest BCUT2D eigenvalue weighted by Gasteiger charge is -2.56. The van der Waals surface area contributed by atoms with E-state index >= 15 is 0 Å². The molecular weight excluding hydrogens is 300 g/mol. The van der Waals surface area contributed by atoms with E-state index in [0.717, 1.165) is 35.7 Å². The molecule has 0 aromatic heterocycles. The van der Waals surface area contributed by atoms with Gasteiger partial charge in [0, 0.05) is 6.54 Å². The Hall–Kier alpha value is -1.71. The molecule has 1 amide bonds. The normalized spacial score (nSPS) is 33.3. The second-order valence-corrected chi connectivity index (χ2v) is 8.25. The van der Waals surface area contributed by atoms with Gasteiger partial charge in [-0.3, -0.25) is 4.79 Å². The molecule has 0 heterocycles. The van der Waals surface area contributed by atoms with E-state index in [1.54, 1.807) is 7.11 Å². The Balaban J connectivity index is 1.29. The van der Waals surface area contributed by atoms with Crippen molar-refractivity contribution in [1.82, 2.24) is 5.32 Å². The Morgan fingerprint density at radius 3 is 2.38 bits per heavy atom. The molecule has 4 fully saturated rings. The maximum Gasteiger partial charge on any atom is 0.239 e. The molecule has 24 heavy (non-hydrogen) atoms. The molecule has 1 aromatic carbocycles. The summed E-state index contributed by atoms with van der Waals surface area (Å²) in [5, 5.41) is 6.39.